The van der Waals surface area contributed by atoms with Crippen LogP contribution < -0.4 is 10.6 Å². The summed E-state index contributed by atoms with van der Waals surface area (Å²) in [5.41, 5.74) is 2.75. The molecular formula is C19H18FN5O. The molecule has 0 aliphatic rings. The molecule has 0 bridgehead atoms. The van der Waals surface area contributed by atoms with Crippen LogP contribution in [0.4, 0.5) is 10.3 Å². The number of rotatable bonds is 6. The van der Waals surface area contributed by atoms with Gasteiger partial charge in [0.2, 0.25) is 5.95 Å². The first kappa shape index (κ1) is 17.5. The normalized spacial score (nSPS) is 10.4. The van der Waals surface area contributed by atoms with Gasteiger partial charge in [-0.1, -0.05) is 18.2 Å². The molecule has 2 N–H and O–H groups in total. The van der Waals surface area contributed by atoms with Crippen LogP contribution in [-0.4, -0.2) is 20.9 Å². The first-order valence-electron chi connectivity index (χ1n) is 8.11. The third-order valence-electron chi connectivity index (χ3n) is 3.63. The van der Waals surface area contributed by atoms with E-state index in [4.69, 9.17) is 0 Å². The van der Waals surface area contributed by atoms with Gasteiger partial charge in [0, 0.05) is 31.2 Å². The van der Waals surface area contributed by atoms with Gasteiger partial charge in [0.25, 0.3) is 5.91 Å². The van der Waals surface area contributed by atoms with E-state index >= 15 is 0 Å². The van der Waals surface area contributed by atoms with Crippen molar-refractivity contribution >= 4 is 11.9 Å². The van der Waals surface area contributed by atoms with Gasteiger partial charge in [0.1, 0.15) is 11.5 Å². The van der Waals surface area contributed by atoms with Gasteiger partial charge in [0.15, 0.2) is 0 Å². The van der Waals surface area contributed by atoms with E-state index < -0.39 is 0 Å². The summed E-state index contributed by atoms with van der Waals surface area (Å²) >= 11 is 0. The zero-order chi connectivity index (χ0) is 18.4. The zero-order valence-electron chi connectivity index (χ0n) is 14.2. The zero-order valence-corrected chi connectivity index (χ0v) is 14.2. The molecule has 0 spiro atoms. The molecule has 0 fully saturated rings. The molecular weight excluding hydrogens is 333 g/mol. The SMILES string of the molecule is Cc1cc(C(=O)NCc2cccnc2)nc(NCc2ccc(F)cc2)n1. The molecule has 0 radical (unpaired) electrons. The van der Waals surface area contributed by atoms with E-state index in [1.165, 1.54) is 12.1 Å². The predicted molar refractivity (Wildman–Crippen MR) is 95.9 cm³/mol. The number of amides is 1. The Bertz CT molecular complexity index is 884. The van der Waals surface area contributed by atoms with Crippen molar-refractivity contribution in [2.45, 2.75) is 20.0 Å². The van der Waals surface area contributed by atoms with Gasteiger partial charge in [0.05, 0.1) is 0 Å². The lowest BCUT2D eigenvalue weighted by molar-refractivity contribution is 0.0945. The Labute approximate surface area is 150 Å². The fourth-order valence-corrected chi connectivity index (χ4v) is 2.32. The second-order valence-corrected chi connectivity index (χ2v) is 5.74. The highest BCUT2D eigenvalue weighted by atomic mass is 19.1. The van der Waals surface area contributed by atoms with Crippen LogP contribution in [0.25, 0.3) is 0 Å². The van der Waals surface area contributed by atoms with Crippen molar-refractivity contribution in [2.75, 3.05) is 5.32 Å². The van der Waals surface area contributed by atoms with Gasteiger partial charge in [-0.15, -0.1) is 0 Å². The highest BCUT2D eigenvalue weighted by Crippen LogP contribution is 2.09. The molecule has 0 aliphatic heterocycles. The highest BCUT2D eigenvalue weighted by molar-refractivity contribution is 5.92. The van der Waals surface area contributed by atoms with Crippen LogP contribution in [0.5, 0.6) is 0 Å². The molecule has 3 aromatic rings. The van der Waals surface area contributed by atoms with Crippen LogP contribution in [0.1, 0.15) is 27.3 Å². The van der Waals surface area contributed by atoms with Crippen molar-refractivity contribution in [3.63, 3.8) is 0 Å². The van der Waals surface area contributed by atoms with Crippen molar-refractivity contribution in [3.05, 3.63) is 83.2 Å². The summed E-state index contributed by atoms with van der Waals surface area (Å²) in [5, 5.41) is 5.87. The number of hydrogen-bond acceptors (Lipinski definition) is 5. The van der Waals surface area contributed by atoms with E-state index in [2.05, 4.69) is 25.6 Å². The number of aromatic nitrogens is 3. The molecule has 0 aliphatic carbocycles. The van der Waals surface area contributed by atoms with Crippen molar-refractivity contribution < 1.29 is 9.18 Å². The predicted octanol–water partition coefficient (Wildman–Crippen LogP) is 2.86. The molecule has 132 valence electrons. The van der Waals surface area contributed by atoms with E-state index in [-0.39, 0.29) is 17.4 Å². The monoisotopic (exact) mass is 351 g/mol. The van der Waals surface area contributed by atoms with Gasteiger partial charge in [-0.25, -0.2) is 14.4 Å². The summed E-state index contributed by atoms with van der Waals surface area (Å²) in [6, 6.07) is 11.5. The van der Waals surface area contributed by atoms with Crippen molar-refractivity contribution in [1.29, 1.82) is 0 Å². The van der Waals surface area contributed by atoms with Gasteiger partial charge >= 0.3 is 0 Å². The number of halogens is 1. The number of nitrogens with zero attached hydrogens (tertiary/aromatic N) is 3. The van der Waals surface area contributed by atoms with Gasteiger partial charge in [-0.2, -0.15) is 0 Å². The molecule has 7 heteroatoms. The number of benzene rings is 1. The maximum Gasteiger partial charge on any atom is 0.270 e. The number of aryl methyl sites for hydroxylation is 1. The quantitative estimate of drug-likeness (QED) is 0.714. The molecule has 26 heavy (non-hydrogen) atoms. The molecule has 6 nitrogen and oxygen atoms in total. The maximum absolute atomic E-state index is 12.9. The van der Waals surface area contributed by atoms with E-state index in [1.807, 2.05) is 12.1 Å². The summed E-state index contributed by atoms with van der Waals surface area (Å²) in [5.74, 6) is -0.224. The average Bonchev–Trinajstić information content (AvgIpc) is 2.66. The molecule has 1 aromatic carbocycles. The molecule has 0 unspecified atom stereocenters. The van der Waals surface area contributed by atoms with E-state index in [0.29, 0.717) is 24.7 Å². The average molecular weight is 351 g/mol. The first-order valence-corrected chi connectivity index (χ1v) is 8.11. The molecule has 1 amide bonds. The summed E-state index contributed by atoms with van der Waals surface area (Å²) in [7, 11) is 0. The van der Waals surface area contributed by atoms with Crippen LogP contribution in [0.3, 0.4) is 0 Å². The number of nitrogens with one attached hydrogen (secondary N) is 2. The smallest absolute Gasteiger partial charge is 0.270 e. The highest BCUT2D eigenvalue weighted by Gasteiger charge is 2.10. The lowest BCUT2D eigenvalue weighted by Gasteiger charge is -2.09. The molecule has 3 rings (SSSR count). The molecule has 2 heterocycles. The van der Waals surface area contributed by atoms with Gasteiger partial charge in [-0.3, -0.25) is 9.78 Å². The van der Waals surface area contributed by atoms with Gasteiger partial charge < -0.3 is 10.6 Å². The Kier molecular flexibility index (Phi) is 5.48. The third kappa shape index (κ3) is 4.83. The summed E-state index contributed by atoms with van der Waals surface area (Å²) < 4.78 is 12.9. The first-order chi connectivity index (χ1) is 12.6. The van der Waals surface area contributed by atoms with Gasteiger partial charge in [-0.05, 0) is 42.3 Å². The van der Waals surface area contributed by atoms with E-state index in [9.17, 15) is 9.18 Å². The Hall–Kier alpha value is -3.35. The Morgan fingerprint density at radius 3 is 2.62 bits per heavy atom. The number of pyridine rings is 1. The summed E-state index contributed by atoms with van der Waals surface area (Å²) in [6.07, 6.45) is 3.37. The second kappa shape index (κ2) is 8.15. The molecule has 0 saturated heterocycles. The third-order valence-corrected chi connectivity index (χ3v) is 3.63. The number of carbonyl (C=O) groups excluding carboxylic acids is 1. The topological polar surface area (TPSA) is 79.8 Å². The minimum absolute atomic E-state index is 0.281. The number of carbonyl (C=O) groups is 1. The lowest BCUT2D eigenvalue weighted by atomic mass is 10.2. The van der Waals surface area contributed by atoms with Crippen molar-refractivity contribution in [2.24, 2.45) is 0 Å². The fraction of sp³-hybridized carbons (Fsp3) is 0.158. The van der Waals surface area contributed by atoms with Crippen LogP contribution in [0, 0.1) is 12.7 Å². The lowest BCUT2D eigenvalue weighted by Crippen LogP contribution is -2.24. The van der Waals surface area contributed by atoms with Crippen LogP contribution in [0.15, 0.2) is 54.9 Å². The van der Waals surface area contributed by atoms with Crippen LogP contribution in [-0.2, 0) is 13.1 Å². The molecule has 0 atom stereocenters. The van der Waals surface area contributed by atoms with Crippen LogP contribution >= 0.6 is 0 Å². The Morgan fingerprint density at radius 1 is 1.08 bits per heavy atom. The van der Waals surface area contributed by atoms with E-state index in [1.54, 1.807) is 37.5 Å². The summed E-state index contributed by atoms with van der Waals surface area (Å²) in [4.78, 5) is 24.9. The maximum atomic E-state index is 12.9. The van der Waals surface area contributed by atoms with E-state index in [0.717, 1.165) is 11.1 Å². The Morgan fingerprint density at radius 2 is 1.88 bits per heavy atom. The minimum Gasteiger partial charge on any atom is -0.350 e. The summed E-state index contributed by atoms with van der Waals surface area (Å²) in [6.45, 7) is 2.59. The standard InChI is InChI=1S/C19H18FN5O/c1-13-9-17(18(26)22-12-15-3-2-8-21-10-15)25-19(24-13)23-11-14-4-6-16(20)7-5-14/h2-10H,11-12H2,1H3,(H,22,26)(H,23,24,25). The van der Waals surface area contributed by atoms with Crippen LogP contribution in [0.2, 0.25) is 0 Å². The number of hydrogen-bond donors (Lipinski definition) is 2. The number of anilines is 1. The minimum atomic E-state index is -0.288. The largest absolute Gasteiger partial charge is 0.350 e. The van der Waals surface area contributed by atoms with Crippen molar-refractivity contribution in [3.8, 4) is 0 Å². The Balaban J connectivity index is 1.64. The fourth-order valence-electron chi connectivity index (χ4n) is 2.32. The second-order valence-electron chi connectivity index (χ2n) is 5.74. The van der Waals surface area contributed by atoms with Crippen molar-refractivity contribution in [1.82, 2.24) is 20.3 Å². The molecule has 0 saturated carbocycles. The molecule has 2 aromatic heterocycles.